The van der Waals surface area contributed by atoms with E-state index in [1.807, 2.05) is 17.5 Å². The van der Waals surface area contributed by atoms with E-state index in [-0.39, 0.29) is 17.7 Å². The summed E-state index contributed by atoms with van der Waals surface area (Å²) in [7, 11) is 2.10. The molecule has 6 nitrogen and oxygen atoms in total. The van der Waals surface area contributed by atoms with E-state index >= 15 is 0 Å². The van der Waals surface area contributed by atoms with Gasteiger partial charge in [-0.15, -0.1) is 22.7 Å². The number of likely N-dealkylation sites (tertiary alicyclic amines) is 1. The number of likely N-dealkylation sites (N-methyl/N-ethyl adjacent to an activating group) is 1. The molecular formula is C18H22N4O2S2. The van der Waals surface area contributed by atoms with Crippen LogP contribution in [0.25, 0.3) is 0 Å². The van der Waals surface area contributed by atoms with Gasteiger partial charge in [0.1, 0.15) is 0 Å². The predicted octanol–water partition coefficient (Wildman–Crippen LogP) is 2.68. The number of thiophene rings is 1. The minimum absolute atomic E-state index is 0.0202. The van der Waals surface area contributed by atoms with Crippen molar-refractivity contribution in [3.05, 3.63) is 33.0 Å². The smallest absolute Gasteiger partial charge is 0.263 e. The molecule has 1 atom stereocenters. The molecule has 4 heterocycles. The molecular weight excluding hydrogens is 368 g/mol. The van der Waals surface area contributed by atoms with E-state index in [9.17, 15) is 9.59 Å². The molecule has 0 bridgehead atoms. The molecule has 4 rings (SSSR count). The highest BCUT2D eigenvalue weighted by Gasteiger charge is 2.30. The summed E-state index contributed by atoms with van der Waals surface area (Å²) in [6.45, 7) is 3.11. The molecule has 2 aliphatic rings. The van der Waals surface area contributed by atoms with Crippen molar-refractivity contribution in [1.82, 2.24) is 14.8 Å². The highest BCUT2D eigenvalue weighted by atomic mass is 32.1. The number of aromatic nitrogens is 1. The van der Waals surface area contributed by atoms with Crippen molar-refractivity contribution >= 4 is 39.6 Å². The van der Waals surface area contributed by atoms with E-state index in [4.69, 9.17) is 0 Å². The molecule has 2 aliphatic heterocycles. The van der Waals surface area contributed by atoms with E-state index in [1.165, 1.54) is 16.2 Å². The molecule has 138 valence electrons. The summed E-state index contributed by atoms with van der Waals surface area (Å²) in [5, 5.41) is 5.59. The normalized spacial score (nSPS) is 20.7. The van der Waals surface area contributed by atoms with Crippen LogP contribution in [0.4, 0.5) is 5.13 Å². The van der Waals surface area contributed by atoms with E-state index in [0.717, 1.165) is 49.5 Å². The summed E-state index contributed by atoms with van der Waals surface area (Å²) < 4.78 is 0. The number of piperidine rings is 1. The van der Waals surface area contributed by atoms with Crippen LogP contribution in [-0.4, -0.2) is 53.3 Å². The number of thiazole rings is 1. The second-order valence-corrected chi connectivity index (χ2v) is 8.96. The summed E-state index contributed by atoms with van der Waals surface area (Å²) in [4.78, 5) is 35.9. The zero-order chi connectivity index (χ0) is 18.1. The molecule has 0 aromatic carbocycles. The Morgan fingerprint density at radius 1 is 1.35 bits per heavy atom. The predicted molar refractivity (Wildman–Crippen MR) is 104 cm³/mol. The molecule has 2 aromatic heterocycles. The topological polar surface area (TPSA) is 65.5 Å². The number of fused-ring (bicyclic) bond motifs is 1. The fourth-order valence-corrected chi connectivity index (χ4v) is 5.30. The fourth-order valence-electron chi connectivity index (χ4n) is 3.52. The van der Waals surface area contributed by atoms with Gasteiger partial charge in [0.05, 0.1) is 16.5 Å². The first kappa shape index (κ1) is 17.6. The van der Waals surface area contributed by atoms with Gasteiger partial charge in [-0.1, -0.05) is 6.07 Å². The maximum atomic E-state index is 12.7. The molecule has 0 spiro atoms. The zero-order valence-electron chi connectivity index (χ0n) is 14.7. The molecule has 2 amide bonds. The largest absolute Gasteiger partial charge is 0.337 e. The lowest BCUT2D eigenvalue weighted by molar-refractivity contribution is -0.121. The third-order valence-corrected chi connectivity index (χ3v) is 6.82. The molecule has 0 saturated carbocycles. The lowest BCUT2D eigenvalue weighted by Gasteiger charge is -2.31. The second kappa shape index (κ2) is 7.46. The number of carbonyl (C=O) groups is 2. The van der Waals surface area contributed by atoms with Crippen LogP contribution < -0.4 is 5.32 Å². The van der Waals surface area contributed by atoms with Crippen molar-refractivity contribution in [2.75, 3.05) is 32.0 Å². The highest BCUT2D eigenvalue weighted by Crippen LogP contribution is 2.29. The number of anilines is 1. The van der Waals surface area contributed by atoms with Gasteiger partial charge in [-0.3, -0.25) is 9.59 Å². The van der Waals surface area contributed by atoms with Gasteiger partial charge in [0.2, 0.25) is 5.91 Å². The quantitative estimate of drug-likeness (QED) is 0.875. The SMILES string of the molecule is CN1CCc2nc(NC(=O)[C@@H]3CCCN(C(=O)c4cccs4)C3)sc2C1. The van der Waals surface area contributed by atoms with Crippen LogP contribution in [0.3, 0.4) is 0 Å². The number of rotatable bonds is 3. The lowest BCUT2D eigenvalue weighted by Crippen LogP contribution is -2.43. The van der Waals surface area contributed by atoms with Crippen molar-refractivity contribution in [2.24, 2.45) is 5.92 Å². The van der Waals surface area contributed by atoms with Crippen LogP contribution in [0.1, 0.15) is 33.1 Å². The van der Waals surface area contributed by atoms with Crippen LogP contribution in [0.15, 0.2) is 17.5 Å². The van der Waals surface area contributed by atoms with Gasteiger partial charge in [0.25, 0.3) is 5.91 Å². The average molecular weight is 391 g/mol. The molecule has 1 fully saturated rings. The van der Waals surface area contributed by atoms with Crippen LogP contribution in [0, 0.1) is 5.92 Å². The molecule has 26 heavy (non-hydrogen) atoms. The van der Waals surface area contributed by atoms with Gasteiger partial charge >= 0.3 is 0 Å². The number of amides is 2. The van der Waals surface area contributed by atoms with Crippen molar-refractivity contribution in [2.45, 2.75) is 25.8 Å². The maximum Gasteiger partial charge on any atom is 0.263 e. The average Bonchev–Trinajstić information content (AvgIpc) is 3.30. The van der Waals surface area contributed by atoms with E-state index in [0.29, 0.717) is 11.7 Å². The standard InChI is InChI=1S/C18H22N4O2S2/c1-21-8-6-13-15(11-21)26-18(19-13)20-16(23)12-4-2-7-22(10-12)17(24)14-5-3-9-25-14/h3,5,9,12H,2,4,6-8,10-11H2,1H3,(H,19,20,23)/t12-/m1/s1. The molecule has 1 N–H and O–H groups in total. The Balaban J connectivity index is 1.39. The molecule has 1 saturated heterocycles. The fraction of sp³-hybridized carbons (Fsp3) is 0.500. The summed E-state index contributed by atoms with van der Waals surface area (Å²) in [6.07, 6.45) is 2.60. The Hall–Kier alpha value is -1.77. The van der Waals surface area contributed by atoms with E-state index in [2.05, 4.69) is 22.2 Å². The third-order valence-electron chi connectivity index (χ3n) is 4.96. The second-order valence-electron chi connectivity index (χ2n) is 6.93. The number of carbonyl (C=O) groups excluding carboxylic acids is 2. The Kier molecular flexibility index (Phi) is 5.06. The highest BCUT2D eigenvalue weighted by molar-refractivity contribution is 7.15. The van der Waals surface area contributed by atoms with Crippen molar-refractivity contribution in [3.8, 4) is 0 Å². The Labute approximate surface area is 160 Å². The summed E-state index contributed by atoms with van der Waals surface area (Å²) in [5.41, 5.74) is 1.11. The number of nitrogens with one attached hydrogen (secondary N) is 1. The van der Waals surface area contributed by atoms with Crippen LogP contribution in [-0.2, 0) is 17.8 Å². The van der Waals surface area contributed by atoms with Gasteiger partial charge in [-0.25, -0.2) is 4.98 Å². The van der Waals surface area contributed by atoms with Gasteiger partial charge < -0.3 is 15.1 Å². The first-order valence-electron chi connectivity index (χ1n) is 8.91. The number of nitrogens with zero attached hydrogens (tertiary/aromatic N) is 3. The summed E-state index contributed by atoms with van der Waals surface area (Å²) in [5.74, 6) is -0.158. The van der Waals surface area contributed by atoms with Gasteiger partial charge in [0, 0.05) is 37.5 Å². The van der Waals surface area contributed by atoms with Crippen LogP contribution >= 0.6 is 22.7 Å². The first-order valence-corrected chi connectivity index (χ1v) is 10.6. The van der Waals surface area contributed by atoms with Crippen molar-refractivity contribution in [1.29, 1.82) is 0 Å². The summed E-state index contributed by atoms with van der Waals surface area (Å²) in [6, 6.07) is 3.72. The first-order chi connectivity index (χ1) is 12.6. The maximum absolute atomic E-state index is 12.7. The third kappa shape index (κ3) is 3.67. The molecule has 2 aromatic rings. The van der Waals surface area contributed by atoms with Crippen molar-refractivity contribution in [3.63, 3.8) is 0 Å². The van der Waals surface area contributed by atoms with Crippen molar-refractivity contribution < 1.29 is 9.59 Å². The Morgan fingerprint density at radius 2 is 2.23 bits per heavy atom. The minimum atomic E-state index is -0.170. The van der Waals surface area contributed by atoms with E-state index < -0.39 is 0 Å². The molecule has 8 heteroatoms. The minimum Gasteiger partial charge on any atom is -0.337 e. The lowest BCUT2D eigenvalue weighted by atomic mass is 9.97. The summed E-state index contributed by atoms with van der Waals surface area (Å²) >= 11 is 3.02. The molecule has 0 unspecified atom stereocenters. The molecule has 0 aliphatic carbocycles. The van der Waals surface area contributed by atoms with E-state index in [1.54, 1.807) is 16.2 Å². The monoisotopic (exact) mass is 390 g/mol. The van der Waals surface area contributed by atoms with Gasteiger partial charge in [-0.05, 0) is 31.3 Å². The zero-order valence-corrected chi connectivity index (χ0v) is 16.4. The van der Waals surface area contributed by atoms with Gasteiger partial charge in [-0.2, -0.15) is 0 Å². The Bertz CT molecular complexity index is 802. The van der Waals surface area contributed by atoms with Crippen LogP contribution in [0.2, 0.25) is 0 Å². The van der Waals surface area contributed by atoms with Gasteiger partial charge in [0.15, 0.2) is 5.13 Å². The molecule has 0 radical (unpaired) electrons. The Morgan fingerprint density at radius 3 is 3.04 bits per heavy atom. The van der Waals surface area contributed by atoms with Crippen LogP contribution in [0.5, 0.6) is 0 Å². The number of hydrogen-bond donors (Lipinski definition) is 1. The number of hydrogen-bond acceptors (Lipinski definition) is 6.